The quantitative estimate of drug-likeness (QED) is 0.687. The van der Waals surface area contributed by atoms with Crippen LogP contribution in [0, 0.1) is 0 Å². The first-order chi connectivity index (χ1) is 8.86. The zero-order chi connectivity index (χ0) is 13.8. The van der Waals surface area contributed by atoms with Crippen molar-refractivity contribution >= 4 is 23.2 Å². The Balaban J connectivity index is 2.08. The van der Waals surface area contributed by atoms with Crippen molar-refractivity contribution in [2.24, 2.45) is 0 Å². The van der Waals surface area contributed by atoms with Crippen LogP contribution in [0.5, 0.6) is 0 Å². The number of nitrogens with zero attached hydrogens (tertiary/aromatic N) is 2. The van der Waals surface area contributed by atoms with E-state index in [1.54, 1.807) is 19.2 Å². The molecule has 1 amide bonds. The van der Waals surface area contributed by atoms with Crippen LogP contribution in [0.3, 0.4) is 0 Å². The number of likely N-dealkylation sites (N-methyl/N-ethyl adjacent to an activating group) is 1. The monoisotopic (exact) mass is 286 g/mol. The van der Waals surface area contributed by atoms with Crippen molar-refractivity contribution in [2.75, 3.05) is 11.9 Å². The first kappa shape index (κ1) is 12.8. The standard InChI is InChI=1S/C13H13ClF2N2O/c1-18-8-2-3-9(14)17-10(8)12(11(18)19)4-6-13(15,16)7-5-12/h2-3H,4-7H2,1H3. The maximum absolute atomic E-state index is 13.3. The van der Waals surface area contributed by atoms with Gasteiger partial charge in [0.1, 0.15) is 5.15 Å². The van der Waals surface area contributed by atoms with Crippen LogP contribution in [0.4, 0.5) is 14.5 Å². The van der Waals surface area contributed by atoms with Crippen LogP contribution in [0.15, 0.2) is 12.1 Å². The lowest BCUT2D eigenvalue weighted by atomic mass is 9.71. The van der Waals surface area contributed by atoms with Gasteiger partial charge in [-0.05, 0) is 25.0 Å². The van der Waals surface area contributed by atoms with E-state index in [0.717, 1.165) is 0 Å². The van der Waals surface area contributed by atoms with Gasteiger partial charge in [-0.1, -0.05) is 11.6 Å². The molecule has 0 unspecified atom stereocenters. The third-order valence-corrected chi connectivity index (χ3v) is 4.41. The third-order valence-electron chi connectivity index (χ3n) is 4.20. The van der Waals surface area contributed by atoms with Gasteiger partial charge in [0.2, 0.25) is 11.8 Å². The molecule has 0 atom stereocenters. The highest BCUT2D eigenvalue weighted by atomic mass is 35.5. The highest BCUT2D eigenvalue weighted by Crippen LogP contribution is 2.52. The first-order valence-corrected chi connectivity index (χ1v) is 6.57. The van der Waals surface area contributed by atoms with Crippen LogP contribution >= 0.6 is 11.6 Å². The fourth-order valence-corrected chi connectivity index (χ4v) is 3.22. The maximum atomic E-state index is 13.3. The molecule has 0 radical (unpaired) electrons. The van der Waals surface area contributed by atoms with Gasteiger partial charge in [-0.25, -0.2) is 13.8 Å². The number of aromatic nitrogens is 1. The van der Waals surface area contributed by atoms with Crippen LogP contribution in [0.1, 0.15) is 31.4 Å². The Labute approximate surface area is 114 Å². The van der Waals surface area contributed by atoms with E-state index in [1.165, 1.54) is 4.90 Å². The molecule has 1 fully saturated rings. The Bertz CT molecular complexity index is 552. The summed E-state index contributed by atoms with van der Waals surface area (Å²) in [5, 5.41) is 0.290. The van der Waals surface area contributed by atoms with E-state index in [-0.39, 0.29) is 31.6 Å². The molecule has 1 aliphatic heterocycles. The SMILES string of the molecule is CN1C(=O)C2(CCC(F)(F)CC2)c2nc(Cl)ccc21. The van der Waals surface area contributed by atoms with Crippen molar-refractivity contribution < 1.29 is 13.6 Å². The fourth-order valence-electron chi connectivity index (χ4n) is 3.08. The number of pyridine rings is 1. The average Bonchev–Trinajstić information content (AvgIpc) is 2.56. The van der Waals surface area contributed by atoms with Crippen molar-refractivity contribution in [1.29, 1.82) is 0 Å². The molecular weight excluding hydrogens is 274 g/mol. The molecule has 0 N–H and O–H groups in total. The Morgan fingerprint density at radius 3 is 2.53 bits per heavy atom. The molecule has 102 valence electrons. The molecule has 0 saturated heterocycles. The second-order valence-corrected chi connectivity index (χ2v) is 5.69. The summed E-state index contributed by atoms with van der Waals surface area (Å²) >= 11 is 5.89. The molecule has 2 heterocycles. The molecule has 0 bridgehead atoms. The minimum absolute atomic E-state index is 0.128. The number of hydrogen-bond acceptors (Lipinski definition) is 2. The summed E-state index contributed by atoms with van der Waals surface area (Å²) in [6.45, 7) is 0. The average molecular weight is 287 g/mol. The van der Waals surface area contributed by atoms with Gasteiger partial charge in [0.25, 0.3) is 0 Å². The van der Waals surface area contributed by atoms with Crippen molar-refractivity contribution in [3.8, 4) is 0 Å². The number of hydrogen-bond donors (Lipinski definition) is 0. The minimum Gasteiger partial charge on any atom is -0.313 e. The molecule has 1 saturated carbocycles. The van der Waals surface area contributed by atoms with E-state index >= 15 is 0 Å². The molecular formula is C13H13ClF2N2O. The molecule has 1 aromatic rings. The van der Waals surface area contributed by atoms with Crippen LogP contribution < -0.4 is 4.90 Å². The van der Waals surface area contributed by atoms with Crippen LogP contribution in [0.25, 0.3) is 0 Å². The Hall–Kier alpha value is -1.23. The number of alkyl halides is 2. The first-order valence-electron chi connectivity index (χ1n) is 6.19. The zero-order valence-electron chi connectivity index (χ0n) is 10.4. The maximum Gasteiger partial charge on any atom is 0.248 e. The van der Waals surface area contributed by atoms with Gasteiger partial charge in [-0.2, -0.15) is 0 Å². The van der Waals surface area contributed by atoms with Gasteiger partial charge < -0.3 is 4.90 Å². The van der Waals surface area contributed by atoms with E-state index in [2.05, 4.69) is 4.98 Å². The number of halogens is 3. The highest BCUT2D eigenvalue weighted by molar-refractivity contribution is 6.29. The lowest BCUT2D eigenvalue weighted by Gasteiger charge is -2.35. The zero-order valence-corrected chi connectivity index (χ0v) is 11.2. The summed E-state index contributed by atoms with van der Waals surface area (Å²) < 4.78 is 26.7. The summed E-state index contributed by atoms with van der Waals surface area (Å²) in [6, 6.07) is 3.34. The molecule has 1 spiro atoms. The number of fused-ring (bicyclic) bond motifs is 2. The Morgan fingerprint density at radius 1 is 1.26 bits per heavy atom. The third kappa shape index (κ3) is 1.75. The number of anilines is 1. The molecule has 19 heavy (non-hydrogen) atoms. The molecule has 0 aromatic carbocycles. The lowest BCUT2D eigenvalue weighted by molar-refractivity contribution is -0.128. The van der Waals surface area contributed by atoms with E-state index in [1.807, 2.05) is 0 Å². The van der Waals surface area contributed by atoms with Gasteiger partial charge in [0.15, 0.2) is 0 Å². The normalized spacial score (nSPS) is 23.8. The number of carbonyl (C=O) groups is 1. The molecule has 1 aromatic heterocycles. The van der Waals surface area contributed by atoms with E-state index < -0.39 is 11.3 Å². The highest BCUT2D eigenvalue weighted by Gasteiger charge is 2.55. The summed E-state index contributed by atoms with van der Waals surface area (Å²) in [4.78, 5) is 18.2. The fraction of sp³-hybridized carbons (Fsp3) is 0.538. The predicted molar refractivity (Wildman–Crippen MR) is 67.8 cm³/mol. The summed E-state index contributed by atoms with van der Waals surface area (Å²) in [5.41, 5.74) is 0.332. The molecule has 3 nitrogen and oxygen atoms in total. The van der Waals surface area contributed by atoms with Gasteiger partial charge in [0, 0.05) is 19.9 Å². The van der Waals surface area contributed by atoms with Crippen molar-refractivity contribution in [2.45, 2.75) is 37.0 Å². The smallest absolute Gasteiger partial charge is 0.248 e. The van der Waals surface area contributed by atoms with Crippen LogP contribution in [-0.4, -0.2) is 23.9 Å². The molecule has 1 aliphatic carbocycles. The van der Waals surface area contributed by atoms with Gasteiger partial charge in [-0.15, -0.1) is 0 Å². The van der Waals surface area contributed by atoms with Crippen LogP contribution in [0.2, 0.25) is 5.15 Å². The molecule has 2 aliphatic rings. The molecule has 6 heteroatoms. The summed E-state index contributed by atoms with van der Waals surface area (Å²) in [6.07, 6.45) is -0.298. The second-order valence-electron chi connectivity index (χ2n) is 5.30. The van der Waals surface area contributed by atoms with Gasteiger partial charge in [-0.3, -0.25) is 4.79 Å². The minimum atomic E-state index is -2.68. The van der Waals surface area contributed by atoms with E-state index in [0.29, 0.717) is 16.5 Å². The molecule has 3 rings (SSSR count). The lowest BCUT2D eigenvalue weighted by Crippen LogP contribution is -2.44. The van der Waals surface area contributed by atoms with Gasteiger partial charge >= 0.3 is 0 Å². The van der Waals surface area contributed by atoms with E-state index in [9.17, 15) is 13.6 Å². The van der Waals surface area contributed by atoms with Crippen molar-refractivity contribution in [3.05, 3.63) is 23.0 Å². The van der Waals surface area contributed by atoms with Crippen molar-refractivity contribution in [3.63, 3.8) is 0 Å². The summed E-state index contributed by atoms with van der Waals surface area (Å²) in [7, 11) is 1.65. The topological polar surface area (TPSA) is 33.2 Å². The van der Waals surface area contributed by atoms with Crippen LogP contribution in [-0.2, 0) is 10.2 Å². The van der Waals surface area contributed by atoms with Gasteiger partial charge in [0.05, 0.1) is 16.8 Å². The van der Waals surface area contributed by atoms with E-state index in [4.69, 9.17) is 11.6 Å². The summed E-state index contributed by atoms with van der Waals surface area (Å²) in [5.74, 6) is -2.82. The number of carbonyl (C=O) groups excluding carboxylic acids is 1. The Kier molecular flexibility index (Phi) is 2.61. The second kappa shape index (κ2) is 3.88. The number of amides is 1. The van der Waals surface area contributed by atoms with Crippen molar-refractivity contribution in [1.82, 2.24) is 4.98 Å². The number of rotatable bonds is 0. The Morgan fingerprint density at radius 2 is 1.89 bits per heavy atom. The predicted octanol–water partition coefficient (Wildman–Crippen LogP) is 3.16. The largest absolute Gasteiger partial charge is 0.313 e.